The van der Waals surface area contributed by atoms with Crippen molar-refractivity contribution in [2.75, 3.05) is 18.6 Å². The van der Waals surface area contributed by atoms with E-state index in [-0.39, 0.29) is 12.1 Å². The summed E-state index contributed by atoms with van der Waals surface area (Å²) in [7, 11) is -1.03. The molecule has 1 N–H and O–H groups in total. The van der Waals surface area contributed by atoms with E-state index >= 15 is 0 Å². The van der Waals surface area contributed by atoms with Crippen LogP contribution in [-0.2, 0) is 14.6 Å². The first kappa shape index (κ1) is 12.3. The lowest BCUT2D eigenvalue weighted by atomic mass is 9.92. The van der Waals surface area contributed by atoms with Crippen LogP contribution in [0.15, 0.2) is 0 Å². The van der Waals surface area contributed by atoms with Gasteiger partial charge in [-0.1, -0.05) is 12.8 Å². The third kappa shape index (κ3) is 2.96. The first-order valence-corrected chi connectivity index (χ1v) is 7.92. The van der Waals surface area contributed by atoms with Crippen molar-refractivity contribution >= 4 is 9.84 Å². The van der Waals surface area contributed by atoms with Crippen LogP contribution in [0.5, 0.6) is 0 Å². The monoisotopic (exact) mass is 247 g/mol. The van der Waals surface area contributed by atoms with Gasteiger partial charge in [0.1, 0.15) is 0 Å². The molecular formula is C11H21NO3S. The van der Waals surface area contributed by atoms with E-state index in [0.29, 0.717) is 17.5 Å². The van der Waals surface area contributed by atoms with Crippen LogP contribution in [-0.4, -0.2) is 45.2 Å². The highest BCUT2D eigenvalue weighted by atomic mass is 32.2. The summed E-state index contributed by atoms with van der Waals surface area (Å²) >= 11 is 0. The van der Waals surface area contributed by atoms with E-state index in [1.165, 1.54) is 12.8 Å². The van der Waals surface area contributed by atoms with Gasteiger partial charge in [-0.15, -0.1) is 0 Å². The van der Waals surface area contributed by atoms with Gasteiger partial charge in [0, 0.05) is 19.2 Å². The molecule has 0 spiro atoms. The van der Waals surface area contributed by atoms with Crippen molar-refractivity contribution in [1.82, 2.24) is 5.32 Å². The normalized spacial score (nSPS) is 38.7. The lowest BCUT2D eigenvalue weighted by Gasteiger charge is -2.33. The SMILES string of the molecule is COC1CCCCC1NC1CCS(=O)(=O)C1. The fourth-order valence-electron chi connectivity index (χ4n) is 2.80. The number of hydrogen-bond acceptors (Lipinski definition) is 4. The predicted molar refractivity (Wildman–Crippen MR) is 63.2 cm³/mol. The zero-order chi connectivity index (χ0) is 11.6. The molecule has 0 aromatic carbocycles. The van der Waals surface area contributed by atoms with Crippen LogP contribution in [0, 0.1) is 0 Å². The van der Waals surface area contributed by atoms with Crippen molar-refractivity contribution in [3.05, 3.63) is 0 Å². The molecule has 0 aromatic heterocycles. The lowest BCUT2D eigenvalue weighted by molar-refractivity contribution is 0.0387. The minimum atomic E-state index is -2.77. The van der Waals surface area contributed by atoms with Crippen LogP contribution < -0.4 is 5.32 Å². The van der Waals surface area contributed by atoms with Crippen LogP contribution in [0.1, 0.15) is 32.1 Å². The molecule has 0 bridgehead atoms. The summed E-state index contributed by atoms with van der Waals surface area (Å²) in [5, 5.41) is 3.47. The van der Waals surface area contributed by atoms with Crippen molar-refractivity contribution in [2.24, 2.45) is 0 Å². The minimum absolute atomic E-state index is 0.144. The fourth-order valence-corrected chi connectivity index (χ4v) is 4.49. The van der Waals surface area contributed by atoms with Gasteiger partial charge >= 0.3 is 0 Å². The highest BCUT2D eigenvalue weighted by Gasteiger charge is 2.32. The van der Waals surface area contributed by atoms with Crippen LogP contribution in [0.4, 0.5) is 0 Å². The molecule has 3 atom stereocenters. The van der Waals surface area contributed by atoms with Crippen molar-refractivity contribution in [2.45, 2.75) is 50.3 Å². The van der Waals surface area contributed by atoms with E-state index in [0.717, 1.165) is 19.3 Å². The molecule has 2 aliphatic rings. The maximum absolute atomic E-state index is 11.4. The van der Waals surface area contributed by atoms with Crippen LogP contribution in [0.3, 0.4) is 0 Å². The Morgan fingerprint density at radius 3 is 2.56 bits per heavy atom. The quantitative estimate of drug-likeness (QED) is 0.798. The van der Waals surface area contributed by atoms with Gasteiger partial charge in [-0.2, -0.15) is 0 Å². The van der Waals surface area contributed by atoms with Crippen molar-refractivity contribution in [3.8, 4) is 0 Å². The number of methoxy groups -OCH3 is 1. The Morgan fingerprint density at radius 1 is 1.19 bits per heavy atom. The summed E-state index contributed by atoms with van der Waals surface area (Å²) in [4.78, 5) is 0. The van der Waals surface area contributed by atoms with Crippen LogP contribution in [0.25, 0.3) is 0 Å². The van der Waals surface area contributed by atoms with E-state index in [2.05, 4.69) is 5.32 Å². The number of hydrogen-bond donors (Lipinski definition) is 1. The zero-order valence-electron chi connectivity index (χ0n) is 9.81. The average molecular weight is 247 g/mol. The van der Waals surface area contributed by atoms with E-state index in [1.807, 2.05) is 0 Å². The topological polar surface area (TPSA) is 55.4 Å². The van der Waals surface area contributed by atoms with Gasteiger partial charge in [0.2, 0.25) is 0 Å². The van der Waals surface area contributed by atoms with Crippen LogP contribution in [0.2, 0.25) is 0 Å². The molecule has 94 valence electrons. The Balaban J connectivity index is 1.88. The van der Waals surface area contributed by atoms with Gasteiger partial charge in [-0.25, -0.2) is 8.42 Å². The van der Waals surface area contributed by atoms with Gasteiger partial charge < -0.3 is 10.1 Å². The molecule has 1 heterocycles. The molecule has 0 radical (unpaired) electrons. The summed E-state index contributed by atoms with van der Waals surface area (Å²) in [6, 6.07) is 0.489. The van der Waals surface area contributed by atoms with Gasteiger partial charge in [0.05, 0.1) is 17.6 Å². The van der Waals surface area contributed by atoms with E-state index < -0.39 is 9.84 Å². The molecule has 5 heteroatoms. The van der Waals surface area contributed by atoms with E-state index in [1.54, 1.807) is 7.11 Å². The Hall–Kier alpha value is -0.130. The van der Waals surface area contributed by atoms with E-state index in [4.69, 9.17) is 4.74 Å². The number of ether oxygens (including phenoxy) is 1. The van der Waals surface area contributed by atoms with Gasteiger partial charge in [-0.05, 0) is 19.3 Å². The molecule has 16 heavy (non-hydrogen) atoms. The van der Waals surface area contributed by atoms with Crippen molar-refractivity contribution < 1.29 is 13.2 Å². The minimum Gasteiger partial charge on any atom is -0.380 e. The first-order valence-electron chi connectivity index (χ1n) is 6.10. The van der Waals surface area contributed by atoms with Crippen molar-refractivity contribution in [3.63, 3.8) is 0 Å². The second-order valence-corrected chi connectivity index (χ2v) is 7.16. The zero-order valence-corrected chi connectivity index (χ0v) is 10.6. The average Bonchev–Trinajstić information content (AvgIpc) is 2.59. The Labute approximate surface area is 97.7 Å². The molecule has 2 rings (SSSR count). The highest BCUT2D eigenvalue weighted by Crippen LogP contribution is 2.22. The highest BCUT2D eigenvalue weighted by molar-refractivity contribution is 7.91. The Morgan fingerprint density at radius 2 is 1.94 bits per heavy atom. The second-order valence-electron chi connectivity index (χ2n) is 4.93. The smallest absolute Gasteiger partial charge is 0.151 e. The summed E-state index contributed by atoms with van der Waals surface area (Å²) in [6.45, 7) is 0. The molecule has 2 fully saturated rings. The molecule has 1 saturated carbocycles. The first-order chi connectivity index (χ1) is 7.61. The standard InChI is InChI=1S/C11H21NO3S/c1-15-11-5-3-2-4-10(11)12-9-6-7-16(13,14)8-9/h9-12H,2-8H2,1H3. The molecular weight excluding hydrogens is 226 g/mol. The molecule has 1 aliphatic heterocycles. The number of nitrogens with one attached hydrogen (secondary N) is 1. The van der Waals surface area contributed by atoms with E-state index in [9.17, 15) is 8.42 Å². The maximum atomic E-state index is 11.4. The molecule has 3 unspecified atom stereocenters. The fraction of sp³-hybridized carbons (Fsp3) is 1.00. The van der Waals surface area contributed by atoms with Crippen LogP contribution >= 0.6 is 0 Å². The third-order valence-electron chi connectivity index (χ3n) is 3.69. The second kappa shape index (κ2) is 5.02. The Bertz CT molecular complexity index is 328. The van der Waals surface area contributed by atoms with Crippen molar-refractivity contribution in [1.29, 1.82) is 0 Å². The predicted octanol–water partition coefficient (Wildman–Crippen LogP) is 0.721. The molecule has 1 aliphatic carbocycles. The summed E-state index contributed by atoms with van der Waals surface area (Å²) < 4.78 is 28.2. The molecule has 0 aromatic rings. The molecule has 1 saturated heterocycles. The van der Waals surface area contributed by atoms with Gasteiger partial charge in [-0.3, -0.25) is 0 Å². The van der Waals surface area contributed by atoms with Gasteiger partial charge in [0.25, 0.3) is 0 Å². The third-order valence-corrected chi connectivity index (χ3v) is 5.46. The molecule has 4 nitrogen and oxygen atoms in total. The lowest BCUT2D eigenvalue weighted by Crippen LogP contribution is -2.48. The largest absolute Gasteiger partial charge is 0.380 e. The number of rotatable bonds is 3. The number of sulfone groups is 1. The summed E-state index contributed by atoms with van der Waals surface area (Å²) in [6.07, 6.45) is 5.66. The summed E-state index contributed by atoms with van der Waals surface area (Å²) in [5.74, 6) is 0.648. The van der Waals surface area contributed by atoms with Gasteiger partial charge in [0.15, 0.2) is 9.84 Å². The maximum Gasteiger partial charge on any atom is 0.151 e. The Kier molecular flexibility index (Phi) is 3.87. The summed E-state index contributed by atoms with van der Waals surface area (Å²) in [5.41, 5.74) is 0. The molecule has 0 amide bonds.